The molecule has 0 aliphatic carbocycles. The normalized spacial score (nSPS) is 22.1. The summed E-state index contributed by atoms with van der Waals surface area (Å²) in [6.45, 7) is -2.43. The van der Waals surface area contributed by atoms with Crippen molar-refractivity contribution in [3.63, 3.8) is 0 Å². The van der Waals surface area contributed by atoms with Crippen molar-refractivity contribution in [2.75, 3.05) is 26.9 Å². The van der Waals surface area contributed by atoms with Gasteiger partial charge in [-0.2, -0.15) is 0 Å². The van der Waals surface area contributed by atoms with Gasteiger partial charge in [-0.15, -0.1) is 0 Å². The van der Waals surface area contributed by atoms with Crippen molar-refractivity contribution in [2.24, 2.45) is 0 Å². The number of hydrogen-bond acceptors (Lipinski definition) is 18. The third kappa shape index (κ3) is 13.5. The molecule has 0 spiro atoms. The highest BCUT2D eigenvalue weighted by molar-refractivity contribution is 5.93. The van der Waals surface area contributed by atoms with Crippen LogP contribution in [0.1, 0.15) is 72.5 Å². The zero-order valence-electron chi connectivity index (χ0n) is 42.8. The SMILES string of the molecule is CO[C@H]1O[C@H](CO[C@]2(COC(=O)c3ccccc3)O[C@H](COC(=O)c3ccccc3)[C@@H](OC(=O)c3ccccc3)[C@H]2OC(=O)c2ccccc2)[C@@H](OC(=O)c2ccccc2)[C@H](OC(=O)c2ccccc2)[C@H]1OC(=O)c1ccccc1. The van der Waals surface area contributed by atoms with Gasteiger partial charge in [0.05, 0.1) is 45.6 Å². The lowest BCUT2D eigenvalue weighted by Crippen LogP contribution is -2.63. The topological polar surface area (TPSA) is 221 Å². The Labute approximate surface area is 458 Å². The molecule has 0 radical (unpaired) electrons. The molecule has 9 atom stereocenters. The average molecular weight is 1090 g/mol. The first-order valence-electron chi connectivity index (χ1n) is 25.2. The molecule has 0 amide bonds. The van der Waals surface area contributed by atoms with E-state index in [9.17, 15) is 33.6 Å². The highest BCUT2D eigenvalue weighted by Gasteiger charge is 2.63. The molecule has 408 valence electrons. The highest BCUT2D eigenvalue weighted by Crippen LogP contribution is 2.40. The summed E-state index contributed by atoms with van der Waals surface area (Å²) < 4.78 is 68.7. The van der Waals surface area contributed by atoms with Gasteiger partial charge in [-0.3, -0.25) is 0 Å². The predicted octanol–water partition coefficient (Wildman–Crippen LogP) is 8.31. The van der Waals surface area contributed by atoms with Gasteiger partial charge in [0, 0.05) is 7.11 Å². The molecule has 2 heterocycles. The Morgan fingerprint density at radius 3 is 1.07 bits per heavy atom. The summed E-state index contributed by atoms with van der Waals surface area (Å²) in [6, 6.07) is 55.0. The van der Waals surface area contributed by atoms with E-state index in [0.717, 1.165) is 0 Å². The molecule has 0 unspecified atom stereocenters. The summed E-state index contributed by atoms with van der Waals surface area (Å²) in [5, 5.41) is 0. The molecule has 2 aliphatic heterocycles. The molecule has 7 aromatic rings. The zero-order chi connectivity index (χ0) is 55.8. The summed E-state index contributed by atoms with van der Waals surface area (Å²) in [5.41, 5.74) is 0.565. The van der Waals surface area contributed by atoms with Crippen molar-refractivity contribution in [3.8, 4) is 0 Å². The summed E-state index contributed by atoms with van der Waals surface area (Å²) in [7, 11) is 1.23. The zero-order valence-corrected chi connectivity index (χ0v) is 42.8. The van der Waals surface area contributed by atoms with E-state index in [1.165, 1.54) is 92.0 Å². The van der Waals surface area contributed by atoms with Gasteiger partial charge < -0.3 is 52.1 Å². The van der Waals surface area contributed by atoms with Crippen LogP contribution in [0.4, 0.5) is 0 Å². The molecule has 0 saturated carbocycles. The van der Waals surface area contributed by atoms with Gasteiger partial charge in [-0.25, -0.2) is 33.6 Å². The monoisotopic (exact) mass is 1080 g/mol. The molecule has 80 heavy (non-hydrogen) atoms. The summed E-state index contributed by atoms with van der Waals surface area (Å²) in [4.78, 5) is 98.7. The number of methoxy groups -OCH3 is 1. The second-order valence-electron chi connectivity index (χ2n) is 18.1. The number of hydrogen-bond donors (Lipinski definition) is 0. The highest BCUT2D eigenvalue weighted by atomic mass is 16.8. The fraction of sp³-hybridized carbons (Fsp3) is 0.210. The average Bonchev–Trinajstić information content (AvgIpc) is 3.83. The van der Waals surface area contributed by atoms with Gasteiger partial charge in [0.1, 0.15) is 25.4 Å². The number of rotatable bonds is 20. The number of ether oxygens (including phenoxy) is 11. The van der Waals surface area contributed by atoms with Crippen LogP contribution < -0.4 is 0 Å². The Bertz CT molecular complexity index is 3210. The van der Waals surface area contributed by atoms with E-state index in [-0.39, 0.29) is 38.9 Å². The van der Waals surface area contributed by atoms with Gasteiger partial charge >= 0.3 is 41.8 Å². The largest absolute Gasteiger partial charge is 0.459 e. The number of carbonyl (C=O) groups is 7. The van der Waals surface area contributed by atoms with Crippen LogP contribution in [0.3, 0.4) is 0 Å². The smallest absolute Gasteiger partial charge is 0.338 e. The van der Waals surface area contributed by atoms with Gasteiger partial charge in [0.15, 0.2) is 36.8 Å². The Hall–Kier alpha value is -9.33. The number of esters is 7. The summed E-state index contributed by atoms with van der Waals surface area (Å²) in [6.07, 6.45) is -13.6. The van der Waals surface area contributed by atoms with Crippen LogP contribution >= 0.6 is 0 Å². The fourth-order valence-corrected chi connectivity index (χ4v) is 8.82. The van der Waals surface area contributed by atoms with Crippen molar-refractivity contribution < 1.29 is 85.7 Å². The maximum absolute atomic E-state index is 14.4. The van der Waals surface area contributed by atoms with Crippen molar-refractivity contribution in [2.45, 2.75) is 54.8 Å². The van der Waals surface area contributed by atoms with Crippen LogP contribution in [-0.2, 0) is 52.1 Å². The number of carbonyl (C=O) groups excluding carboxylic acids is 7. The molecule has 9 rings (SSSR count). The van der Waals surface area contributed by atoms with E-state index >= 15 is 0 Å². The van der Waals surface area contributed by atoms with Gasteiger partial charge in [-0.05, 0) is 84.9 Å². The number of benzene rings is 7. The van der Waals surface area contributed by atoms with Crippen molar-refractivity contribution >= 4 is 41.8 Å². The van der Waals surface area contributed by atoms with E-state index in [0.29, 0.717) is 0 Å². The van der Waals surface area contributed by atoms with E-state index in [1.54, 1.807) is 127 Å². The fourth-order valence-electron chi connectivity index (χ4n) is 8.82. The van der Waals surface area contributed by atoms with Crippen molar-refractivity contribution in [3.05, 3.63) is 251 Å². The standard InChI is InChI=1S/C62H52O18/c1-70-61-52(78-59(68)45-33-19-7-20-34-45)51(77-58(67)44-31-17-6-18-32-44)49(75-56(65)42-27-13-4-14-28-42)47(74-61)38-73-62(39-72-55(64)41-25-11-3-12-26-41)53(79-60(69)46-35-21-8-22-36-46)50(76-57(66)43-29-15-5-16-30-43)48(80-62)37-71-54(63)40-23-9-2-10-24-40/h2-36,47-53,61H,37-39H2,1H3/t47-,48-,49-,50-,51+,52-,53-,61+,62-/m1/s1. The van der Waals surface area contributed by atoms with Crippen LogP contribution in [-0.4, -0.2) is 124 Å². The molecule has 2 saturated heterocycles. The summed E-state index contributed by atoms with van der Waals surface area (Å²) >= 11 is 0. The second-order valence-corrected chi connectivity index (χ2v) is 18.1. The molecule has 18 nitrogen and oxygen atoms in total. The van der Waals surface area contributed by atoms with E-state index in [1.807, 2.05) is 0 Å². The first-order valence-corrected chi connectivity index (χ1v) is 25.2. The Kier molecular flexibility index (Phi) is 18.3. The molecule has 7 aromatic carbocycles. The second kappa shape index (κ2) is 26.3. The molecule has 0 N–H and O–H groups in total. The van der Waals surface area contributed by atoms with E-state index in [2.05, 4.69) is 0 Å². The van der Waals surface area contributed by atoms with Gasteiger partial charge in [0.25, 0.3) is 0 Å². The minimum Gasteiger partial charge on any atom is -0.459 e. The Morgan fingerprint density at radius 1 is 0.362 bits per heavy atom. The van der Waals surface area contributed by atoms with E-state index < -0.39 is 116 Å². The third-order valence-corrected chi connectivity index (χ3v) is 12.8. The third-order valence-electron chi connectivity index (χ3n) is 12.8. The molecule has 2 fully saturated rings. The minimum absolute atomic E-state index is 0.0281. The van der Waals surface area contributed by atoms with Crippen LogP contribution in [0.25, 0.3) is 0 Å². The minimum atomic E-state index is -2.56. The Morgan fingerprint density at radius 2 is 0.688 bits per heavy atom. The lowest BCUT2D eigenvalue weighted by molar-refractivity contribution is -0.323. The lowest BCUT2D eigenvalue weighted by Gasteiger charge is -2.45. The molecule has 18 heteroatoms. The molecular weight excluding hydrogens is 1030 g/mol. The first-order chi connectivity index (χ1) is 39.0. The van der Waals surface area contributed by atoms with Crippen LogP contribution in [0.5, 0.6) is 0 Å². The molecule has 0 bridgehead atoms. The van der Waals surface area contributed by atoms with Crippen LogP contribution in [0, 0.1) is 0 Å². The first kappa shape index (κ1) is 55.4. The van der Waals surface area contributed by atoms with E-state index in [4.69, 9.17) is 52.1 Å². The van der Waals surface area contributed by atoms with Crippen LogP contribution in [0.15, 0.2) is 212 Å². The lowest BCUT2D eigenvalue weighted by atomic mass is 9.97. The van der Waals surface area contributed by atoms with Crippen molar-refractivity contribution in [1.29, 1.82) is 0 Å². The molecule has 2 aliphatic rings. The maximum atomic E-state index is 14.4. The predicted molar refractivity (Wildman–Crippen MR) is 281 cm³/mol. The van der Waals surface area contributed by atoms with Crippen molar-refractivity contribution in [1.82, 2.24) is 0 Å². The molecular formula is C62H52O18. The maximum Gasteiger partial charge on any atom is 0.338 e. The van der Waals surface area contributed by atoms with Gasteiger partial charge in [0.2, 0.25) is 5.79 Å². The van der Waals surface area contributed by atoms with Gasteiger partial charge in [-0.1, -0.05) is 127 Å². The van der Waals surface area contributed by atoms with Crippen LogP contribution in [0.2, 0.25) is 0 Å². The Balaban J connectivity index is 1.16. The molecule has 0 aromatic heterocycles. The summed E-state index contributed by atoms with van der Waals surface area (Å²) in [5.74, 6) is -8.95. The quantitative estimate of drug-likeness (QED) is 0.0517.